The fraction of sp³-hybridized carbons (Fsp3) is 0.375. The second-order valence-corrected chi connectivity index (χ2v) is 9.93. The summed E-state index contributed by atoms with van der Waals surface area (Å²) >= 11 is 7.67. The zero-order valence-electron chi connectivity index (χ0n) is 18.7. The molecule has 0 radical (unpaired) electrons. The zero-order valence-corrected chi connectivity index (χ0v) is 20.2. The standard InChI is InChI=1S/C24H26ClN5O3S/c25-16-11-17(13-18(31)12-16)28-23-22-19-4-7-30(14-20(19)34-24(22)27-15-26-23)21(32)3-1-5-29-6-2-9-33-10-8-29/h1,3,11-13,15,31H,2,4-10,14H2,(H,26,27,28). The first-order chi connectivity index (χ1) is 16.6. The van der Waals surface area contributed by atoms with E-state index in [2.05, 4.69) is 20.2 Å². The minimum absolute atomic E-state index is 0.0352. The molecular formula is C24H26ClN5O3S. The molecule has 1 amide bonds. The number of rotatable bonds is 5. The van der Waals surface area contributed by atoms with Crippen molar-refractivity contribution in [3.8, 4) is 5.75 Å². The van der Waals surface area contributed by atoms with Gasteiger partial charge in [-0.25, -0.2) is 9.97 Å². The van der Waals surface area contributed by atoms with Crippen LogP contribution in [0.2, 0.25) is 5.02 Å². The van der Waals surface area contributed by atoms with Crippen molar-refractivity contribution in [1.29, 1.82) is 0 Å². The SMILES string of the molecule is O=C(C=CCN1CCCOCC1)N1CCc2c(sc3ncnc(Nc4cc(O)cc(Cl)c4)c23)C1. The van der Waals surface area contributed by atoms with Crippen LogP contribution in [0, 0.1) is 0 Å². The van der Waals surface area contributed by atoms with Gasteiger partial charge in [-0.3, -0.25) is 9.69 Å². The monoisotopic (exact) mass is 499 g/mol. The number of hydrogen-bond acceptors (Lipinski definition) is 8. The molecule has 178 valence electrons. The molecule has 2 aliphatic rings. The van der Waals surface area contributed by atoms with Crippen LogP contribution in [-0.4, -0.2) is 70.2 Å². The highest BCUT2D eigenvalue weighted by atomic mass is 35.5. The zero-order chi connectivity index (χ0) is 23.5. The van der Waals surface area contributed by atoms with Crippen molar-refractivity contribution in [3.63, 3.8) is 0 Å². The number of hydrogen-bond donors (Lipinski definition) is 2. The minimum Gasteiger partial charge on any atom is -0.508 e. The Morgan fingerprint density at radius 3 is 3.03 bits per heavy atom. The number of aromatic nitrogens is 2. The first-order valence-corrected chi connectivity index (χ1v) is 12.5. The Bertz CT molecular complexity index is 1200. The molecule has 2 aromatic heterocycles. The third-order valence-electron chi connectivity index (χ3n) is 6.03. The number of aromatic hydroxyl groups is 1. The summed E-state index contributed by atoms with van der Waals surface area (Å²) in [5.74, 6) is 0.789. The molecule has 2 N–H and O–H groups in total. The largest absolute Gasteiger partial charge is 0.508 e. The van der Waals surface area contributed by atoms with Crippen molar-refractivity contribution < 1.29 is 14.6 Å². The maximum Gasteiger partial charge on any atom is 0.246 e. The van der Waals surface area contributed by atoms with E-state index in [-0.39, 0.29) is 11.7 Å². The van der Waals surface area contributed by atoms with Crippen molar-refractivity contribution >= 4 is 50.6 Å². The number of halogens is 1. The molecular weight excluding hydrogens is 474 g/mol. The lowest BCUT2D eigenvalue weighted by atomic mass is 10.0. The first kappa shape index (κ1) is 23.0. The van der Waals surface area contributed by atoms with Gasteiger partial charge in [-0.15, -0.1) is 11.3 Å². The minimum atomic E-state index is 0.0352. The van der Waals surface area contributed by atoms with Crippen LogP contribution in [0.25, 0.3) is 10.2 Å². The average Bonchev–Trinajstić information content (AvgIpc) is 2.98. The third-order valence-corrected chi connectivity index (χ3v) is 7.38. The molecule has 4 heterocycles. The molecule has 1 aromatic carbocycles. The van der Waals surface area contributed by atoms with E-state index in [0.29, 0.717) is 29.6 Å². The second kappa shape index (κ2) is 10.3. The Morgan fingerprint density at radius 2 is 2.15 bits per heavy atom. The highest BCUT2D eigenvalue weighted by Crippen LogP contribution is 2.38. The van der Waals surface area contributed by atoms with Crippen molar-refractivity contribution in [2.75, 3.05) is 44.7 Å². The van der Waals surface area contributed by atoms with Gasteiger partial charge in [0.05, 0.1) is 18.5 Å². The van der Waals surface area contributed by atoms with Gasteiger partial charge >= 0.3 is 0 Å². The molecule has 0 saturated carbocycles. The lowest BCUT2D eigenvalue weighted by Gasteiger charge is -2.26. The number of ether oxygens (including phenoxy) is 1. The number of benzene rings is 1. The number of nitrogens with one attached hydrogen (secondary N) is 1. The summed E-state index contributed by atoms with van der Waals surface area (Å²) in [5, 5.41) is 14.5. The van der Waals surface area contributed by atoms with Crippen molar-refractivity contribution in [3.05, 3.63) is 52.1 Å². The predicted octanol–water partition coefficient (Wildman–Crippen LogP) is 3.96. The smallest absolute Gasteiger partial charge is 0.246 e. The molecule has 0 bridgehead atoms. The van der Waals surface area contributed by atoms with Gasteiger partial charge in [0.25, 0.3) is 0 Å². The fourth-order valence-electron chi connectivity index (χ4n) is 4.38. The van der Waals surface area contributed by atoms with E-state index in [1.165, 1.54) is 18.0 Å². The van der Waals surface area contributed by atoms with Gasteiger partial charge in [0.2, 0.25) is 5.91 Å². The predicted molar refractivity (Wildman–Crippen MR) is 134 cm³/mol. The average molecular weight is 500 g/mol. The fourth-order valence-corrected chi connectivity index (χ4v) is 5.81. The number of carbonyl (C=O) groups excluding carboxylic acids is 1. The van der Waals surface area contributed by atoms with Gasteiger partial charge in [0, 0.05) is 60.5 Å². The van der Waals surface area contributed by atoms with E-state index >= 15 is 0 Å². The van der Waals surface area contributed by atoms with E-state index in [0.717, 1.165) is 60.8 Å². The summed E-state index contributed by atoms with van der Waals surface area (Å²) in [6.45, 7) is 5.44. The highest BCUT2D eigenvalue weighted by Gasteiger charge is 2.25. The van der Waals surface area contributed by atoms with E-state index in [9.17, 15) is 9.90 Å². The maximum atomic E-state index is 12.8. The third kappa shape index (κ3) is 5.17. The summed E-state index contributed by atoms with van der Waals surface area (Å²) in [6, 6.07) is 4.82. The summed E-state index contributed by atoms with van der Waals surface area (Å²) < 4.78 is 5.49. The normalized spacial score (nSPS) is 17.1. The first-order valence-electron chi connectivity index (χ1n) is 11.3. The van der Waals surface area contributed by atoms with Crippen molar-refractivity contribution in [2.45, 2.75) is 19.4 Å². The lowest BCUT2D eigenvalue weighted by molar-refractivity contribution is -0.126. The molecule has 1 saturated heterocycles. The van der Waals surface area contributed by atoms with Crippen LogP contribution in [0.15, 0.2) is 36.7 Å². The van der Waals surface area contributed by atoms with E-state index in [4.69, 9.17) is 16.3 Å². The van der Waals surface area contributed by atoms with Crippen LogP contribution in [0.4, 0.5) is 11.5 Å². The summed E-state index contributed by atoms with van der Waals surface area (Å²) in [4.78, 5) is 27.9. The van der Waals surface area contributed by atoms with Gasteiger partial charge in [-0.2, -0.15) is 0 Å². The number of nitrogens with zero attached hydrogens (tertiary/aromatic N) is 4. The van der Waals surface area contributed by atoms with Crippen molar-refractivity contribution in [1.82, 2.24) is 19.8 Å². The molecule has 1 fully saturated rings. The summed E-state index contributed by atoms with van der Waals surface area (Å²) in [7, 11) is 0. The van der Waals surface area contributed by atoms with Crippen LogP contribution in [0.3, 0.4) is 0 Å². The summed E-state index contributed by atoms with van der Waals surface area (Å²) in [5.41, 5.74) is 1.82. The number of carbonyl (C=O) groups is 1. The molecule has 10 heteroatoms. The van der Waals surface area contributed by atoms with E-state index in [1.807, 2.05) is 11.0 Å². The van der Waals surface area contributed by atoms with Crippen LogP contribution < -0.4 is 5.32 Å². The molecule has 0 aliphatic carbocycles. The number of amides is 1. The molecule has 0 unspecified atom stereocenters. The second-order valence-electron chi connectivity index (χ2n) is 8.41. The number of thiophene rings is 1. The number of phenols is 1. The Hall–Kier alpha value is -2.72. The Balaban J connectivity index is 1.30. The van der Waals surface area contributed by atoms with Crippen molar-refractivity contribution in [2.24, 2.45) is 0 Å². The lowest BCUT2D eigenvalue weighted by Crippen LogP contribution is -2.34. The van der Waals surface area contributed by atoms with Gasteiger partial charge < -0.3 is 20.1 Å². The van der Waals surface area contributed by atoms with Crippen LogP contribution in [0.5, 0.6) is 5.75 Å². The van der Waals surface area contributed by atoms with Gasteiger partial charge in [-0.1, -0.05) is 17.7 Å². The maximum absolute atomic E-state index is 12.8. The highest BCUT2D eigenvalue weighted by molar-refractivity contribution is 7.19. The number of phenolic OH excluding ortho intramolecular Hbond substituents is 1. The topological polar surface area (TPSA) is 90.8 Å². The summed E-state index contributed by atoms with van der Waals surface area (Å²) in [6.07, 6.45) is 6.95. The van der Waals surface area contributed by atoms with Gasteiger partial charge in [0.15, 0.2) is 0 Å². The molecule has 34 heavy (non-hydrogen) atoms. The number of fused-ring (bicyclic) bond motifs is 3. The molecule has 0 spiro atoms. The van der Waals surface area contributed by atoms with Crippen LogP contribution >= 0.6 is 22.9 Å². The molecule has 5 rings (SSSR count). The van der Waals surface area contributed by atoms with Crippen LogP contribution in [-0.2, 0) is 22.5 Å². The molecule has 2 aliphatic heterocycles. The molecule has 8 nitrogen and oxygen atoms in total. The molecule has 3 aromatic rings. The Morgan fingerprint density at radius 1 is 1.24 bits per heavy atom. The van der Waals surface area contributed by atoms with Gasteiger partial charge in [-0.05, 0) is 30.5 Å². The quantitative estimate of drug-likeness (QED) is 0.513. The Labute approximate surface area is 206 Å². The Kier molecular flexibility index (Phi) is 6.96. The number of anilines is 2. The van der Waals surface area contributed by atoms with Gasteiger partial charge in [0.1, 0.15) is 22.7 Å². The van der Waals surface area contributed by atoms with E-state index in [1.54, 1.807) is 29.5 Å². The van der Waals surface area contributed by atoms with E-state index < -0.39 is 0 Å². The molecule has 0 atom stereocenters. The van der Waals surface area contributed by atoms with Crippen LogP contribution in [0.1, 0.15) is 16.9 Å².